The number of carbonyl (C=O) groups is 1. The first-order valence-electron chi connectivity index (χ1n) is 9.65. The molecule has 1 aromatic carbocycles. The lowest BCUT2D eigenvalue weighted by molar-refractivity contribution is -0.120. The van der Waals surface area contributed by atoms with E-state index in [1.54, 1.807) is 4.68 Å². The Hall–Kier alpha value is -2.31. The zero-order chi connectivity index (χ0) is 23.2. The van der Waals surface area contributed by atoms with Crippen LogP contribution in [0.3, 0.4) is 0 Å². The van der Waals surface area contributed by atoms with Gasteiger partial charge in [0.15, 0.2) is 0 Å². The predicted molar refractivity (Wildman–Crippen MR) is 122 cm³/mol. The van der Waals surface area contributed by atoms with Crippen molar-refractivity contribution in [2.24, 2.45) is 7.05 Å². The summed E-state index contributed by atoms with van der Waals surface area (Å²) in [6.07, 6.45) is 2.13. The van der Waals surface area contributed by atoms with E-state index in [2.05, 4.69) is 15.1 Å². The van der Waals surface area contributed by atoms with Crippen LogP contribution in [0.25, 0.3) is 11.1 Å². The van der Waals surface area contributed by atoms with Gasteiger partial charge in [-0.25, -0.2) is 4.39 Å². The number of nitrogens with one attached hydrogen (secondary N) is 2. The molecule has 0 bridgehead atoms. The molecule has 1 amide bonds. The lowest BCUT2D eigenvalue weighted by atomic mass is 10.0. The van der Waals surface area contributed by atoms with Gasteiger partial charge >= 0.3 is 0 Å². The summed E-state index contributed by atoms with van der Waals surface area (Å²) < 4.78 is 44.2. The molecule has 8 nitrogen and oxygen atoms in total. The summed E-state index contributed by atoms with van der Waals surface area (Å²) in [5.74, 6) is -1.13. The van der Waals surface area contributed by atoms with E-state index >= 15 is 0 Å². The molecule has 1 saturated heterocycles. The van der Waals surface area contributed by atoms with E-state index in [-0.39, 0.29) is 17.1 Å². The summed E-state index contributed by atoms with van der Waals surface area (Å²) in [5.41, 5.74) is 3.06. The van der Waals surface area contributed by atoms with Crippen molar-refractivity contribution in [2.45, 2.75) is 25.4 Å². The summed E-state index contributed by atoms with van der Waals surface area (Å²) in [4.78, 5) is 13.7. The minimum absolute atomic E-state index is 0.135. The number of aryl methyl sites for hydroxylation is 2. The zero-order valence-electron chi connectivity index (χ0n) is 17.5. The highest BCUT2D eigenvalue weighted by molar-refractivity contribution is 7.87. The Kier molecular flexibility index (Phi) is 6.12. The maximum atomic E-state index is 13.4. The Bertz CT molecular complexity index is 1290. The average Bonchev–Trinajstić information content (AvgIpc) is 3.32. The van der Waals surface area contributed by atoms with Crippen LogP contribution in [0.4, 0.5) is 10.1 Å². The van der Waals surface area contributed by atoms with E-state index in [0.717, 1.165) is 32.1 Å². The van der Waals surface area contributed by atoms with Crippen LogP contribution in [-0.4, -0.2) is 41.5 Å². The van der Waals surface area contributed by atoms with Crippen LogP contribution in [0.1, 0.15) is 23.0 Å². The van der Waals surface area contributed by atoms with Gasteiger partial charge in [0, 0.05) is 36.4 Å². The second kappa shape index (κ2) is 8.56. The molecule has 3 aromatic rings. The Labute approximate surface area is 194 Å². The highest BCUT2D eigenvalue weighted by Crippen LogP contribution is 2.35. The summed E-state index contributed by atoms with van der Waals surface area (Å²) in [7, 11) is -0.707. The van der Waals surface area contributed by atoms with Crippen LogP contribution in [0.15, 0.2) is 35.8 Å². The average molecular weight is 498 g/mol. The number of thiophene rings is 1. The third-order valence-electron chi connectivity index (χ3n) is 5.35. The molecule has 2 aromatic heterocycles. The molecule has 2 N–H and O–H groups in total. The standard InChI is InChI=1S/C20H21ClFN5O3S2/c1-11-14(9-26(2)24-11)12-6-19(31-10-12)17-8-18(27(3)32(29,30)25-17)20(28)23-13-4-5-16(22)15(21)7-13/h4-7,9-10,17-18,25H,8H2,1-3H3,(H,23,28)/t17-,18+/m1/s1. The molecular formula is C20H21ClFN5O3S2. The van der Waals surface area contributed by atoms with Crippen LogP contribution in [0.2, 0.25) is 5.02 Å². The molecule has 4 rings (SSSR count). The van der Waals surface area contributed by atoms with Crippen molar-refractivity contribution < 1.29 is 17.6 Å². The molecular weight excluding hydrogens is 477 g/mol. The number of hydrogen-bond acceptors (Lipinski definition) is 5. The molecule has 12 heteroatoms. The maximum Gasteiger partial charge on any atom is 0.280 e. The maximum absolute atomic E-state index is 13.4. The van der Waals surface area contributed by atoms with Crippen LogP contribution in [0.5, 0.6) is 0 Å². The van der Waals surface area contributed by atoms with Gasteiger partial charge in [0.2, 0.25) is 5.91 Å². The van der Waals surface area contributed by atoms with Crippen molar-refractivity contribution >= 4 is 44.7 Å². The van der Waals surface area contributed by atoms with Crippen molar-refractivity contribution in [3.8, 4) is 11.1 Å². The fourth-order valence-electron chi connectivity index (χ4n) is 3.66. The van der Waals surface area contributed by atoms with E-state index in [1.807, 2.05) is 31.6 Å². The van der Waals surface area contributed by atoms with Gasteiger partial charge < -0.3 is 5.32 Å². The van der Waals surface area contributed by atoms with Gasteiger partial charge in [0.1, 0.15) is 11.9 Å². The normalized spacial score (nSPS) is 20.9. The first-order chi connectivity index (χ1) is 15.0. The van der Waals surface area contributed by atoms with Gasteiger partial charge in [-0.15, -0.1) is 11.3 Å². The molecule has 0 aliphatic carbocycles. The molecule has 0 saturated carbocycles. The lowest BCUT2D eigenvalue weighted by Crippen LogP contribution is -2.55. The fraction of sp³-hybridized carbons (Fsp3) is 0.300. The van der Waals surface area contributed by atoms with Gasteiger partial charge in [-0.05, 0) is 48.6 Å². The van der Waals surface area contributed by atoms with Gasteiger partial charge in [-0.2, -0.15) is 22.5 Å². The number of rotatable bonds is 4. The van der Waals surface area contributed by atoms with Crippen LogP contribution in [-0.2, 0) is 22.1 Å². The summed E-state index contributed by atoms with van der Waals surface area (Å²) in [6, 6.07) is 4.18. The van der Waals surface area contributed by atoms with Crippen molar-refractivity contribution in [3.05, 3.63) is 57.3 Å². The van der Waals surface area contributed by atoms with Gasteiger partial charge in [-0.1, -0.05) is 11.6 Å². The van der Waals surface area contributed by atoms with E-state index < -0.39 is 34.0 Å². The van der Waals surface area contributed by atoms with Crippen LogP contribution < -0.4 is 10.0 Å². The molecule has 1 fully saturated rings. The van der Waals surface area contributed by atoms with Gasteiger partial charge in [0.25, 0.3) is 10.2 Å². The van der Waals surface area contributed by atoms with E-state index in [9.17, 15) is 17.6 Å². The minimum Gasteiger partial charge on any atom is -0.325 e. The highest BCUT2D eigenvalue weighted by atomic mass is 35.5. The highest BCUT2D eigenvalue weighted by Gasteiger charge is 2.41. The topological polar surface area (TPSA) is 96.3 Å². The summed E-state index contributed by atoms with van der Waals surface area (Å²) >= 11 is 7.20. The fourth-order valence-corrected chi connectivity index (χ4v) is 6.15. The molecule has 0 spiro atoms. The smallest absolute Gasteiger partial charge is 0.280 e. The number of amides is 1. The zero-order valence-corrected chi connectivity index (χ0v) is 19.9. The third-order valence-corrected chi connectivity index (χ3v) is 8.28. The summed E-state index contributed by atoms with van der Waals surface area (Å²) in [5, 5.41) is 8.79. The van der Waals surface area contributed by atoms with Crippen molar-refractivity contribution in [1.29, 1.82) is 0 Å². The first kappa shape index (κ1) is 22.9. The molecule has 1 aliphatic heterocycles. The first-order valence-corrected chi connectivity index (χ1v) is 12.3. The number of halogens is 2. The minimum atomic E-state index is -3.89. The lowest BCUT2D eigenvalue weighted by Gasteiger charge is -2.35. The molecule has 1 aliphatic rings. The van der Waals surface area contributed by atoms with Crippen molar-refractivity contribution in [3.63, 3.8) is 0 Å². The van der Waals surface area contributed by atoms with E-state index in [4.69, 9.17) is 11.6 Å². The van der Waals surface area contributed by atoms with E-state index in [1.165, 1.54) is 30.5 Å². The molecule has 2 atom stereocenters. The van der Waals surface area contributed by atoms with Crippen molar-refractivity contribution in [2.75, 3.05) is 12.4 Å². The monoisotopic (exact) mass is 497 g/mol. The predicted octanol–water partition coefficient (Wildman–Crippen LogP) is 3.47. The van der Waals surface area contributed by atoms with Gasteiger partial charge in [0.05, 0.1) is 16.8 Å². The van der Waals surface area contributed by atoms with Gasteiger partial charge in [-0.3, -0.25) is 9.48 Å². The number of nitrogens with zero attached hydrogens (tertiary/aromatic N) is 3. The quantitative estimate of drug-likeness (QED) is 0.577. The Morgan fingerprint density at radius 1 is 1.34 bits per heavy atom. The Balaban J connectivity index is 1.58. The second-order valence-electron chi connectivity index (χ2n) is 7.60. The number of carbonyl (C=O) groups excluding carboxylic acids is 1. The number of anilines is 1. The van der Waals surface area contributed by atoms with Crippen LogP contribution in [0, 0.1) is 12.7 Å². The number of benzene rings is 1. The molecule has 3 heterocycles. The number of aromatic nitrogens is 2. The summed E-state index contributed by atoms with van der Waals surface area (Å²) in [6.45, 7) is 1.91. The van der Waals surface area contributed by atoms with E-state index in [0.29, 0.717) is 0 Å². The molecule has 32 heavy (non-hydrogen) atoms. The number of likely N-dealkylation sites (N-methyl/N-ethyl adjacent to an activating group) is 1. The number of hydrogen-bond donors (Lipinski definition) is 2. The molecule has 0 unspecified atom stereocenters. The Morgan fingerprint density at radius 2 is 2.09 bits per heavy atom. The SMILES string of the molecule is Cc1nn(C)cc1-c1csc([C@H]2C[C@@H](C(=O)Nc3ccc(F)c(Cl)c3)N(C)S(=O)(=O)N2)c1. The second-order valence-corrected chi connectivity index (χ2v) is 10.7. The molecule has 0 radical (unpaired) electrons. The van der Waals surface area contributed by atoms with Crippen molar-refractivity contribution in [1.82, 2.24) is 18.8 Å². The largest absolute Gasteiger partial charge is 0.325 e. The third kappa shape index (κ3) is 4.44. The Morgan fingerprint density at radius 3 is 2.75 bits per heavy atom. The molecule has 170 valence electrons. The van der Waals surface area contributed by atoms with Crippen LogP contribution >= 0.6 is 22.9 Å².